The SMILES string of the molecule is CC[NH+](CC)CCCCCCOc1ccc(Cl)cc1. The molecule has 0 aliphatic rings. The Hall–Kier alpha value is -0.730. The van der Waals surface area contributed by atoms with Gasteiger partial charge in [-0.1, -0.05) is 11.6 Å². The molecule has 0 saturated carbocycles. The first-order valence-corrected chi connectivity index (χ1v) is 7.86. The van der Waals surface area contributed by atoms with Gasteiger partial charge < -0.3 is 9.64 Å². The van der Waals surface area contributed by atoms with Gasteiger partial charge in [0.2, 0.25) is 0 Å². The number of halogens is 1. The van der Waals surface area contributed by atoms with Crippen molar-refractivity contribution in [1.82, 2.24) is 0 Å². The van der Waals surface area contributed by atoms with Crippen molar-refractivity contribution in [1.29, 1.82) is 0 Å². The monoisotopic (exact) mass is 284 g/mol. The van der Waals surface area contributed by atoms with Crippen LogP contribution in [0, 0.1) is 0 Å². The number of rotatable bonds is 10. The van der Waals surface area contributed by atoms with Crippen molar-refractivity contribution in [2.24, 2.45) is 0 Å². The molecular weight excluding hydrogens is 258 g/mol. The van der Waals surface area contributed by atoms with E-state index in [1.807, 2.05) is 24.3 Å². The van der Waals surface area contributed by atoms with Gasteiger partial charge in [0.15, 0.2) is 0 Å². The average Bonchev–Trinajstić information content (AvgIpc) is 2.44. The molecule has 1 rings (SSSR count). The molecule has 1 aromatic carbocycles. The van der Waals surface area contributed by atoms with Gasteiger partial charge >= 0.3 is 0 Å². The second kappa shape index (κ2) is 10.1. The van der Waals surface area contributed by atoms with E-state index < -0.39 is 0 Å². The normalized spacial score (nSPS) is 10.9. The molecule has 0 aromatic heterocycles. The summed E-state index contributed by atoms with van der Waals surface area (Å²) in [6, 6.07) is 7.58. The minimum absolute atomic E-state index is 0.756. The number of benzene rings is 1. The lowest BCUT2D eigenvalue weighted by atomic mass is 10.2. The minimum atomic E-state index is 0.756. The second-order valence-corrected chi connectivity index (χ2v) is 5.36. The van der Waals surface area contributed by atoms with E-state index in [1.165, 1.54) is 38.9 Å². The first kappa shape index (κ1) is 16.3. The van der Waals surface area contributed by atoms with Crippen molar-refractivity contribution in [2.75, 3.05) is 26.2 Å². The van der Waals surface area contributed by atoms with Crippen LogP contribution in [0.1, 0.15) is 39.5 Å². The fourth-order valence-electron chi connectivity index (χ4n) is 2.16. The zero-order valence-corrected chi connectivity index (χ0v) is 13.0. The zero-order valence-electron chi connectivity index (χ0n) is 12.3. The maximum Gasteiger partial charge on any atom is 0.119 e. The highest BCUT2D eigenvalue weighted by atomic mass is 35.5. The highest BCUT2D eigenvalue weighted by molar-refractivity contribution is 6.30. The van der Waals surface area contributed by atoms with E-state index in [2.05, 4.69) is 13.8 Å². The minimum Gasteiger partial charge on any atom is -0.494 e. The first-order chi connectivity index (χ1) is 9.26. The van der Waals surface area contributed by atoms with Gasteiger partial charge in [0, 0.05) is 5.02 Å². The molecule has 0 aliphatic heterocycles. The van der Waals surface area contributed by atoms with Crippen LogP contribution in [0.4, 0.5) is 0 Å². The Morgan fingerprint density at radius 2 is 1.58 bits per heavy atom. The standard InChI is InChI=1S/C16H26ClNO/c1-3-18(4-2)13-7-5-6-8-14-19-16-11-9-15(17)10-12-16/h9-12H,3-8,13-14H2,1-2H3/p+1. The predicted octanol–water partition coefficient (Wildman–Crippen LogP) is 3.20. The van der Waals surface area contributed by atoms with Gasteiger partial charge in [-0.15, -0.1) is 0 Å². The number of unbranched alkanes of at least 4 members (excludes halogenated alkanes) is 3. The molecule has 0 saturated heterocycles. The molecule has 0 aliphatic carbocycles. The lowest BCUT2D eigenvalue weighted by Gasteiger charge is -2.14. The summed E-state index contributed by atoms with van der Waals surface area (Å²) in [5, 5.41) is 0.756. The van der Waals surface area contributed by atoms with Gasteiger partial charge in [-0.05, 0) is 63.8 Å². The van der Waals surface area contributed by atoms with Crippen LogP contribution in [-0.4, -0.2) is 26.2 Å². The third-order valence-corrected chi connectivity index (χ3v) is 3.76. The van der Waals surface area contributed by atoms with Crippen LogP contribution in [0.5, 0.6) is 5.75 Å². The van der Waals surface area contributed by atoms with Crippen molar-refractivity contribution in [3.05, 3.63) is 29.3 Å². The van der Waals surface area contributed by atoms with Crippen LogP contribution < -0.4 is 9.64 Å². The largest absolute Gasteiger partial charge is 0.494 e. The summed E-state index contributed by atoms with van der Waals surface area (Å²) in [5.41, 5.74) is 0. The summed E-state index contributed by atoms with van der Waals surface area (Å²) < 4.78 is 5.67. The third kappa shape index (κ3) is 7.44. The Kier molecular flexibility index (Phi) is 8.68. The number of ether oxygens (including phenoxy) is 1. The molecule has 0 radical (unpaired) electrons. The van der Waals surface area contributed by atoms with Crippen LogP contribution >= 0.6 is 11.6 Å². The molecule has 0 heterocycles. The van der Waals surface area contributed by atoms with E-state index in [1.54, 1.807) is 4.90 Å². The van der Waals surface area contributed by atoms with E-state index in [-0.39, 0.29) is 0 Å². The van der Waals surface area contributed by atoms with Gasteiger partial charge in [0.05, 0.1) is 26.2 Å². The van der Waals surface area contributed by atoms with Gasteiger partial charge in [-0.3, -0.25) is 0 Å². The second-order valence-electron chi connectivity index (χ2n) is 4.92. The zero-order chi connectivity index (χ0) is 13.9. The van der Waals surface area contributed by atoms with E-state index in [0.29, 0.717) is 0 Å². The highest BCUT2D eigenvalue weighted by Gasteiger charge is 2.01. The molecule has 19 heavy (non-hydrogen) atoms. The number of nitrogens with one attached hydrogen (secondary N) is 1. The number of hydrogen-bond donors (Lipinski definition) is 1. The Morgan fingerprint density at radius 1 is 0.947 bits per heavy atom. The van der Waals surface area contributed by atoms with Crippen molar-refractivity contribution in [3.8, 4) is 5.75 Å². The summed E-state index contributed by atoms with van der Waals surface area (Å²) in [5.74, 6) is 0.914. The molecular formula is C16H27ClNO+. The molecule has 0 spiro atoms. The molecule has 108 valence electrons. The van der Waals surface area contributed by atoms with E-state index >= 15 is 0 Å². The Balaban J connectivity index is 1.98. The molecule has 0 atom stereocenters. The van der Waals surface area contributed by atoms with Gasteiger partial charge in [-0.2, -0.15) is 0 Å². The number of hydrogen-bond acceptors (Lipinski definition) is 1. The van der Waals surface area contributed by atoms with Crippen molar-refractivity contribution >= 4 is 11.6 Å². The summed E-state index contributed by atoms with van der Waals surface area (Å²) in [6.45, 7) is 9.13. The smallest absolute Gasteiger partial charge is 0.119 e. The molecule has 0 amide bonds. The lowest BCUT2D eigenvalue weighted by molar-refractivity contribution is -0.896. The summed E-state index contributed by atoms with van der Waals surface area (Å²) in [7, 11) is 0. The lowest BCUT2D eigenvalue weighted by Crippen LogP contribution is -3.11. The molecule has 1 N–H and O–H groups in total. The molecule has 0 unspecified atom stereocenters. The fourth-order valence-corrected chi connectivity index (χ4v) is 2.28. The number of quaternary nitrogens is 1. The Morgan fingerprint density at radius 3 is 2.21 bits per heavy atom. The van der Waals surface area contributed by atoms with Gasteiger partial charge in [0.1, 0.15) is 5.75 Å². The summed E-state index contributed by atoms with van der Waals surface area (Å²) in [4.78, 5) is 1.71. The first-order valence-electron chi connectivity index (χ1n) is 7.48. The van der Waals surface area contributed by atoms with Crippen LogP contribution in [-0.2, 0) is 0 Å². The van der Waals surface area contributed by atoms with Crippen molar-refractivity contribution in [3.63, 3.8) is 0 Å². The van der Waals surface area contributed by atoms with Crippen LogP contribution in [0.25, 0.3) is 0 Å². The van der Waals surface area contributed by atoms with Gasteiger partial charge in [-0.25, -0.2) is 0 Å². The van der Waals surface area contributed by atoms with Crippen LogP contribution in [0.15, 0.2) is 24.3 Å². The Labute approximate surface area is 122 Å². The van der Waals surface area contributed by atoms with E-state index in [9.17, 15) is 0 Å². The molecule has 3 heteroatoms. The molecule has 2 nitrogen and oxygen atoms in total. The topological polar surface area (TPSA) is 13.7 Å². The van der Waals surface area contributed by atoms with Crippen molar-refractivity contribution in [2.45, 2.75) is 39.5 Å². The maximum atomic E-state index is 5.82. The van der Waals surface area contributed by atoms with Crippen LogP contribution in [0.2, 0.25) is 5.02 Å². The predicted molar refractivity (Wildman–Crippen MR) is 82.3 cm³/mol. The molecule has 0 bridgehead atoms. The molecule has 1 aromatic rings. The fraction of sp³-hybridized carbons (Fsp3) is 0.625. The van der Waals surface area contributed by atoms with E-state index in [0.717, 1.165) is 23.8 Å². The highest BCUT2D eigenvalue weighted by Crippen LogP contribution is 2.15. The maximum absolute atomic E-state index is 5.82. The van der Waals surface area contributed by atoms with Crippen molar-refractivity contribution < 1.29 is 9.64 Å². The summed E-state index contributed by atoms with van der Waals surface area (Å²) in [6.07, 6.45) is 5.04. The summed E-state index contributed by atoms with van der Waals surface area (Å²) >= 11 is 5.82. The third-order valence-electron chi connectivity index (χ3n) is 3.51. The quantitative estimate of drug-likeness (QED) is 0.652. The Bertz CT molecular complexity index is 322. The van der Waals surface area contributed by atoms with Crippen LogP contribution in [0.3, 0.4) is 0 Å². The van der Waals surface area contributed by atoms with E-state index in [4.69, 9.17) is 16.3 Å². The molecule has 0 fully saturated rings. The average molecular weight is 285 g/mol. The van der Waals surface area contributed by atoms with Gasteiger partial charge in [0.25, 0.3) is 0 Å².